The Morgan fingerprint density at radius 2 is 1.42 bits per heavy atom. The zero-order valence-electron chi connectivity index (χ0n) is 18.8. The van der Waals surface area contributed by atoms with E-state index in [1.807, 2.05) is 66.7 Å². The number of esters is 1. The summed E-state index contributed by atoms with van der Waals surface area (Å²) in [6.45, 7) is 5.06. The Morgan fingerprint density at radius 1 is 0.848 bits per heavy atom. The largest absolute Gasteiger partial charge is 0.456 e. The van der Waals surface area contributed by atoms with Gasteiger partial charge in [0.05, 0.1) is 5.41 Å². The predicted molar refractivity (Wildman–Crippen MR) is 131 cm³/mol. The van der Waals surface area contributed by atoms with Gasteiger partial charge in [0.15, 0.2) is 11.6 Å². The molecule has 0 radical (unpaired) electrons. The van der Waals surface area contributed by atoms with Gasteiger partial charge in [-0.25, -0.2) is 0 Å². The molecule has 33 heavy (non-hydrogen) atoms. The maximum atomic E-state index is 13.6. The monoisotopic (exact) mass is 504 g/mol. The average Bonchev–Trinajstić information content (AvgIpc) is 2.82. The topological polar surface area (TPSA) is 60.4 Å². The number of halogens is 1. The van der Waals surface area contributed by atoms with Gasteiger partial charge < -0.3 is 4.74 Å². The van der Waals surface area contributed by atoms with Gasteiger partial charge in [-0.05, 0) is 49.6 Å². The summed E-state index contributed by atoms with van der Waals surface area (Å²) in [7, 11) is 0. The molecular formula is C28H25BrO4. The molecule has 0 spiro atoms. The van der Waals surface area contributed by atoms with Gasteiger partial charge in [0.1, 0.15) is 11.5 Å². The van der Waals surface area contributed by atoms with Gasteiger partial charge in [-0.15, -0.1) is 0 Å². The Hall–Kier alpha value is -3.05. The normalized spacial score (nSPS) is 22.0. The van der Waals surface area contributed by atoms with Crippen LogP contribution in [0.1, 0.15) is 49.2 Å². The van der Waals surface area contributed by atoms with Crippen LogP contribution in [0.3, 0.4) is 0 Å². The molecule has 4 nitrogen and oxygen atoms in total. The molecular weight excluding hydrogens is 480 g/mol. The van der Waals surface area contributed by atoms with Gasteiger partial charge in [0.25, 0.3) is 0 Å². The first-order valence-electron chi connectivity index (χ1n) is 10.8. The van der Waals surface area contributed by atoms with Crippen LogP contribution in [0.5, 0.6) is 0 Å². The number of hydrogen-bond acceptors (Lipinski definition) is 4. The third kappa shape index (κ3) is 4.30. The quantitative estimate of drug-likeness (QED) is 0.223. The first-order chi connectivity index (χ1) is 15.6. The fraction of sp³-hybridized carbons (Fsp3) is 0.250. The maximum absolute atomic E-state index is 13.6. The molecule has 0 unspecified atom stereocenters. The van der Waals surface area contributed by atoms with Crippen LogP contribution in [-0.2, 0) is 14.3 Å². The van der Waals surface area contributed by atoms with Gasteiger partial charge in [0, 0.05) is 16.5 Å². The van der Waals surface area contributed by atoms with Crippen molar-refractivity contribution in [2.45, 2.75) is 33.3 Å². The second-order valence-corrected chi connectivity index (χ2v) is 10.2. The fourth-order valence-electron chi connectivity index (χ4n) is 4.48. The van der Waals surface area contributed by atoms with E-state index in [1.165, 1.54) is 6.92 Å². The van der Waals surface area contributed by atoms with E-state index in [4.69, 9.17) is 4.74 Å². The molecule has 0 aromatic heterocycles. The maximum Gasteiger partial charge on any atom is 0.320 e. The summed E-state index contributed by atoms with van der Waals surface area (Å²) in [6.07, 6.45) is -0.940. The minimum Gasteiger partial charge on any atom is -0.456 e. The Bertz CT molecular complexity index is 1200. The number of ether oxygens (including phenoxy) is 1. The van der Waals surface area contributed by atoms with Crippen molar-refractivity contribution < 1.29 is 19.1 Å². The second kappa shape index (κ2) is 8.71. The van der Waals surface area contributed by atoms with Crippen molar-refractivity contribution in [2.75, 3.05) is 0 Å². The van der Waals surface area contributed by atoms with E-state index in [-0.39, 0.29) is 18.0 Å². The molecule has 0 amide bonds. The molecule has 4 rings (SSSR count). The molecule has 1 saturated heterocycles. The highest BCUT2D eigenvalue weighted by molar-refractivity contribution is 9.10. The van der Waals surface area contributed by atoms with Crippen LogP contribution in [-0.4, -0.2) is 17.5 Å². The van der Waals surface area contributed by atoms with Crippen LogP contribution >= 0.6 is 15.9 Å². The lowest BCUT2D eigenvalue weighted by molar-refractivity contribution is -0.187. The Labute approximate surface area is 202 Å². The number of rotatable bonds is 5. The van der Waals surface area contributed by atoms with Crippen LogP contribution in [0, 0.1) is 10.8 Å². The highest BCUT2D eigenvalue weighted by Crippen LogP contribution is 2.49. The minimum absolute atomic E-state index is 0.230. The van der Waals surface area contributed by atoms with E-state index in [2.05, 4.69) is 15.9 Å². The van der Waals surface area contributed by atoms with E-state index >= 15 is 0 Å². The summed E-state index contributed by atoms with van der Waals surface area (Å²) in [5, 5.41) is 0. The first kappa shape index (κ1) is 23.1. The first-order valence-corrected chi connectivity index (χ1v) is 11.6. The highest BCUT2D eigenvalue weighted by atomic mass is 79.9. The molecule has 1 heterocycles. The van der Waals surface area contributed by atoms with Crippen LogP contribution < -0.4 is 0 Å². The van der Waals surface area contributed by atoms with Gasteiger partial charge >= 0.3 is 5.97 Å². The minimum atomic E-state index is -1.54. The molecule has 3 aromatic rings. The van der Waals surface area contributed by atoms with Crippen molar-refractivity contribution in [2.24, 2.45) is 10.8 Å². The van der Waals surface area contributed by atoms with Crippen molar-refractivity contribution in [3.05, 3.63) is 94.5 Å². The Balaban J connectivity index is 1.56. The Kier molecular flexibility index (Phi) is 6.10. The summed E-state index contributed by atoms with van der Waals surface area (Å²) in [4.78, 5) is 39.7. The lowest BCUT2D eigenvalue weighted by Crippen LogP contribution is -2.54. The molecule has 1 aliphatic heterocycles. The zero-order chi connectivity index (χ0) is 23.8. The number of ketones is 2. The number of Topliss-reactive ketones (excluding diaryl/α,β-unsaturated/α-hetero) is 2. The lowest BCUT2D eigenvalue weighted by atomic mass is 9.64. The van der Waals surface area contributed by atoms with Crippen LogP contribution in [0.2, 0.25) is 0 Å². The second-order valence-electron chi connectivity index (χ2n) is 9.26. The molecule has 5 heteroatoms. The highest BCUT2D eigenvalue weighted by Gasteiger charge is 2.58. The van der Waals surface area contributed by atoms with Crippen molar-refractivity contribution in [1.82, 2.24) is 0 Å². The zero-order valence-corrected chi connectivity index (χ0v) is 20.4. The summed E-state index contributed by atoms with van der Waals surface area (Å²) in [5.74, 6) is -1.21. The van der Waals surface area contributed by atoms with Crippen LogP contribution in [0.4, 0.5) is 0 Å². The SMILES string of the molecule is CC1(C)C(=O)[C@](C)(CC(=O)c2ccc(-c3ccccc3)cc2)C(=O)O[C@@H]1c1ccc(Br)cc1. The Morgan fingerprint density at radius 3 is 2.03 bits per heavy atom. The van der Waals surface area contributed by atoms with E-state index < -0.39 is 22.9 Å². The molecule has 0 saturated carbocycles. The standard InChI is InChI=1S/C28H25BrO4/c1-27(2)24(21-13-15-22(29)16-14-21)33-26(32)28(3,25(27)31)17-23(30)20-11-9-19(10-12-20)18-7-5-4-6-8-18/h4-16,24H,17H2,1-3H3/t24-,28+/m1/s1. The number of cyclic esters (lactones) is 1. The van der Waals surface area contributed by atoms with Gasteiger partial charge in [-0.3, -0.25) is 14.4 Å². The molecule has 0 aliphatic carbocycles. The molecule has 0 bridgehead atoms. The van der Waals surface area contributed by atoms with Crippen molar-refractivity contribution in [3.63, 3.8) is 0 Å². The number of benzene rings is 3. The molecule has 2 atom stereocenters. The third-order valence-corrected chi connectivity index (χ3v) is 6.95. The van der Waals surface area contributed by atoms with E-state index in [0.717, 1.165) is 21.2 Å². The van der Waals surface area contributed by atoms with Gasteiger partial charge in [-0.1, -0.05) is 82.7 Å². The molecule has 0 N–H and O–H groups in total. The van der Waals surface area contributed by atoms with Gasteiger partial charge in [0.2, 0.25) is 0 Å². The molecule has 3 aromatic carbocycles. The molecule has 1 aliphatic rings. The fourth-order valence-corrected chi connectivity index (χ4v) is 4.75. The predicted octanol–water partition coefficient (Wildman–Crippen LogP) is 6.59. The third-order valence-electron chi connectivity index (χ3n) is 6.42. The number of carbonyl (C=O) groups is 3. The summed E-state index contributed by atoms with van der Waals surface area (Å²) in [5.41, 5.74) is 0.734. The molecule has 168 valence electrons. The van der Waals surface area contributed by atoms with E-state index in [1.54, 1.807) is 26.0 Å². The van der Waals surface area contributed by atoms with E-state index in [0.29, 0.717) is 5.56 Å². The lowest BCUT2D eigenvalue weighted by Gasteiger charge is -2.44. The molecule has 1 fully saturated rings. The summed E-state index contributed by atoms with van der Waals surface area (Å²) < 4.78 is 6.69. The summed E-state index contributed by atoms with van der Waals surface area (Å²) >= 11 is 3.39. The van der Waals surface area contributed by atoms with Crippen molar-refractivity contribution in [3.8, 4) is 11.1 Å². The smallest absolute Gasteiger partial charge is 0.320 e. The summed E-state index contributed by atoms with van der Waals surface area (Å²) in [6, 6.07) is 24.4. The average molecular weight is 505 g/mol. The number of carbonyl (C=O) groups excluding carboxylic acids is 3. The van der Waals surface area contributed by atoms with Crippen molar-refractivity contribution in [1.29, 1.82) is 0 Å². The van der Waals surface area contributed by atoms with Crippen LogP contribution in [0.25, 0.3) is 11.1 Å². The van der Waals surface area contributed by atoms with E-state index in [9.17, 15) is 14.4 Å². The van der Waals surface area contributed by atoms with Gasteiger partial charge in [-0.2, -0.15) is 0 Å². The van der Waals surface area contributed by atoms with Crippen LogP contribution in [0.15, 0.2) is 83.3 Å². The number of hydrogen-bond donors (Lipinski definition) is 0. The van der Waals surface area contributed by atoms with Crippen molar-refractivity contribution >= 4 is 33.5 Å².